The Balaban J connectivity index is 1.50. The van der Waals surface area contributed by atoms with Gasteiger partial charge in [-0.15, -0.1) is 0 Å². The number of nitrogens with one attached hydrogen (secondary N) is 1. The summed E-state index contributed by atoms with van der Waals surface area (Å²) in [6.45, 7) is 3.27. The van der Waals surface area contributed by atoms with Gasteiger partial charge in [0, 0.05) is 37.1 Å². The van der Waals surface area contributed by atoms with Crippen LogP contribution >= 0.6 is 15.9 Å². The normalized spacial score (nSPS) is 18.5. The van der Waals surface area contributed by atoms with E-state index in [1.165, 1.54) is 4.31 Å². The third-order valence-electron chi connectivity index (χ3n) is 6.53. The molecule has 0 saturated carbocycles. The lowest BCUT2D eigenvalue weighted by Gasteiger charge is -2.32. The molecule has 1 saturated heterocycles. The van der Waals surface area contributed by atoms with Crippen molar-refractivity contribution in [3.8, 4) is 0 Å². The van der Waals surface area contributed by atoms with E-state index in [1.807, 2.05) is 36.4 Å². The standard InChI is InChI=1S/C25H30BrN3O4S/c1-2-23(30)29-14-11-19-15-21(26)16-22(24(19)29)34(32,33)28-13-6-9-20(17-28)25(31)27-12-10-18-7-4-3-5-8-18/h3-5,7-8,15-16,20H,2,6,9-14,17H2,1H3,(H,27,31)/t20-/m1/s1. The monoisotopic (exact) mass is 547 g/mol. The SMILES string of the molecule is CCC(=O)N1CCc2cc(Br)cc(S(=O)(=O)N3CCC[C@@H](C(=O)NCCc4ccccc4)C3)c21. The predicted molar refractivity (Wildman–Crippen MR) is 135 cm³/mol. The van der Waals surface area contributed by atoms with Crippen LogP contribution in [0.4, 0.5) is 5.69 Å². The number of hydrogen-bond donors (Lipinski definition) is 1. The summed E-state index contributed by atoms with van der Waals surface area (Å²) in [6, 6.07) is 13.4. The quantitative estimate of drug-likeness (QED) is 0.574. The van der Waals surface area contributed by atoms with Gasteiger partial charge in [-0.2, -0.15) is 4.31 Å². The van der Waals surface area contributed by atoms with Gasteiger partial charge >= 0.3 is 0 Å². The number of amides is 2. The zero-order valence-electron chi connectivity index (χ0n) is 19.3. The van der Waals surface area contributed by atoms with Gasteiger partial charge in [-0.3, -0.25) is 9.59 Å². The van der Waals surface area contributed by atoms with Crippen LogP contribution in [0.3, 0.4) is 0 Å². The molecule has 7 nitrogen and oxygen atoms in total. The molecule has 1 N–H and O–H groups in total. The minimum atomic E-state index is -3.88. The van der Waals surface area contributed by atoms with Crippen LogP contribution in [0.25, 0.3) is 0 Å². The summed E-state index contributed by atoms with van der Waals surface area (Å²) in [6.07, 6.45) is 2.93. The Kier molecular flexibility index (Phi) is 7.74. The fraction of sp³-hybridized carbons (Fsp3) is 0.440. The maximum absolute atomic E-state index is 13.8. The van der Waals surface area contributed by atoms with Crippen LogP contribution in [0.2, 0.25) is 0 Å². The molecule has 2 aliphatic rings. The fourth-order valence-corrected chi connectivity index (χ4v) is 7.18. The number of rotatable bonds is 7. The van der Waals surface area contributed by atoms with Crippen molar-refractivity contribution in [2.24, 2.45) is 5.92 Å². The molecule has 2 aromatic carbocycles. The number of piperidine rings is 1. The van der Waals surface area contributed by atoms with Crippen LogP contribution in [0, 0.1) is 5.92 Å². The van der Waals surface area contributed by atoms with Gasteiger partial charge in [-0.25, -0.2) is 8.42 Å². The van der Waals surface area contributed by atoms with Crippen molar-refractivity contribution < 1.29 is 18.0 Å². The summed E-state index contributed by atoms with van der Waals surface area (Å²) in [4.78, 5) is 27.1. The summed E-state index contributed by atoms with van der Waals surface area (Å²) in [7, 11) is -3.88. The molecule has 1 fully saturated rings. The Morgan fingerprint density at radius 2 is 1.91 bits per heavy atom. The number of anilines is 1. The summed E-state index contributed by atoms with van der Waals surface area (Å²) in [5.41, 5.74) is 2.48. The van der Waals surface area contributed by atoms with E-state index in [1.54, 1.807) is 17.9 Å². The van der Waals surface area contributed by atoms with E-state index in [-0.39, 0.29) is 23.3 Å². The minimum absolute atomic E-state index is 0.0909. The maximum Gasteiger partial charge on any atom is 0.245 e. The molecular weight excluding hydrogens is 518 g/mol. The van der Waals surface area contributed by atoms with Crippen LogP contribution < -0.4 is 10.2 Å². The van der Waals surface area contributed by atoms with Gasteiger partial charge in [-0.05, 0) is 48.9 Å². The van der Waals surface area contributed by atoms with Crippen LogP contribution in [0.1, 0.15) is 37.3 Å². The van der Waals surface area contributed by atoms with E-state index in [4.69, 9.17) is 0 Å². The second-order valence-electron chi connectivity index (χ2n) is 8.79. The molecular formula is C25H30BrN3O4S. The second-order valence-corrected chi connectivity index (χ2v) is 11.6. The number of benzene rings is 2. The molecule has 4 rings (SSSR count). The highest BCUT2D eigenvalue weighted by Gasteiger charge is 2.38. The van der Waals surface area contributed by atoms with E-state index in [2.05, 4.69) is 21.2 Å². The highest BCUT2D eigenvalue weighted by atomic mass is 79.9. The Labute approximate surface area is 209 Å². The van der Waals surface area contributed by atoms with Gasteiger partial charge in [0.25, 0.3) is 0 Å². The zero-order valence-corrected chi connectivity index (χ0v) is 21.7. The number of carbonyl (C=O) groups excluding carboxylic acids is 2. The van der Waals surface area contributed by atoms with E-state index in [9.17, 15) is 18.0 Å². The molecule has 0 spiro atoms. The summed E-state index contributed by atoms with van der Waals surface area (Å²) in [5.74, 6) is -0.599. The molecule has 1 atom stereocenters. The first kappa shape index (κ1) is 24.9. The Morgan fingerprint density at radius 1 is 1.15 bits per heavy atom. The van der Waals surface area contributed by atoms with Crippen molar-refractivity contribution >= 4 is 43.5 Å². The highest BCUT2D eigenvalue weighted by molar-refractivity contribution is 9.10. The molecule has 0 aliphatic carbocycles. The van der Waals surface area contributed by atoms with Gasteiger partial charge in [0.05, 0.1) is 11.6 Å². The van der Waals surface area contributed by atoms with Gasteiger partial charge in [0.1, 0.15) is 4.90 Å². The summed E-state index contributed by atoms with van der Waals surface area (Å²) >= 11 is 3.44. The van der Waals surface area contributed by atoms with Crippen molar-refractivity contribution in [1.29, 1.82) is 0 Å². The van der Waals surface area contributed by atoms with Gasteiger partial charge < -0.3 is 10.2 Å². The number of sulfonamides is 1. The average molecular weight is 549 g/mol. The van der Waals surface area contributed by atoms with Crippen molar-refractivity contribution in [3.63, 3.8) is 0 Å². The zero-order chi connectivity index (χ0) is 24.3. The number of fused-ring (bicyclic) bond motifs is 1. The lowest BCUT2D eigenvalue weighted by atomic mass is 9.99. The first-order valence-electron chi connectivity index (χ1n) is 11.8. The van der Waals surface area contributed by atoms with Crippen molar-refractivity contribution in [2.45, 2.75) is 43.9 Å². The highest BCUT2D eigenvalue weighted by Crippen LogP contribution is 2.39. The van der Waals surface area contributed by atoms with Crippen LogP contribution in [0.5, 0.6) is 0 Å². The first-order chi connectivity index (χ1) is 16.3. The van der Waals surface area contributed by atoms with Gasteiger partial charge in [0.15, 0.2) is 0 Å². The Morgan fingerprint density at radius 3 is 2.65 bits per heavy atom. The van der Waals surface area contributed by atoms with Crippen molar-refractivity contribution in [2.75, 3.05) is 31.1 Å². The lowest BCUT2D eigenvalue weighted by molar-refractivity contribution is -0.126. The second kappa shape index (κ2) is 10.6. The molecule has 182 valence electrons. The van der Waals surface area contributed by atoms with Gasteiger partial charge in [0.2, 0.25) is 21.8 Å². The van der Waals surface area contributed by atoms with Crippen molar-refractivity contribution in [1.82, 2.24) is 9.62 Å². The number of nitrogens with zero attached hydrogens (tertiary/aromatic N) is 2. The molecule has 2 amide bonds. The predicted octanol–water partition coefficient (Wildman–Crippen LogP) is 3.51. The minimum Gasteiger partial charge on any atom is -0.355 e. The summed E-state index contributed by atoms with van der Waals surface area (Å²) < 4.78 is 29.6. The Hall–Kier alpha value is -2.23. The van der Waals surface area contributed by atoms with Crippen LogP contribution in [-0.2, 0) is 32.5 Å². The average Bonchev–Trinajstić information content (AvgIpc) is 3.27. The first-order valence-corrected chi connectivity index (χ1v) is 14.0. The number of halogens is 1. The van der Waals surface area contributed by atoms with Crippen LogP contribution in [0.15, 0.2) is 51.8 Å². The van der Waals surface area contributed by atoms with Crippen LogP contribution in [-0.4, -0.2) is 50.7 Å². The molecule has 2 aromatic rings. The van der Waals surface area contributed by atoms with E-state index in [0.717, 1.165) is 17.5 Å². The maximum atomic E-state index is 13.8. The third-order valence-corrected chi connectivity index (χ3v) is 8.86. The number of carbonyl (C=O) groups is 2. The molecule has 34 heavy (non-hydrogen) atoms. The van der Waals surface area contributed by atoms with E-state index >= 15 is 0 Å². The summed E-state index contributed by atoms with van der Waals surface area (Å²) in [5, 5.41) is 2.97. The molecule has 2 aliphatic heterocycles. The smallest absolute Gasteiger partial charge is 0.245 e. The van der Waals surface area contributed by atoms with E-state index in [0.29, 0.717) is 55.5 Å². The largest absolute Gasteiger partial charge is 0.355 e. The van der Waals surface area contributed by atoms with E-state index < -0.39 is 15.9 Å². The molecule has 0 radical (unpaired) electrons. The molecule has 2 heterocycles. The van der Waals surface area contributed by atoms with Crippen molar-refractivity contribution in [3.05, 3.63) is 58.1 Å². The fourth-order valence-electron chi connectivity index (χ4n) is 4.74. The third kappa shape index (κ3) is 5.21. The Bertz CT molecular complexity index is 1170. The molecule has 0 bridgehead atoms. The topological polar surface area (TPSA) is 86.8 Å². The van der Waals surface area contributed by atoms with Gasteiger partial charge in [-0.1, -0.05) is 53.2 Å². The lowest BCUT2D eigenvalue weighted by Crippen LogP contribution is -2.46. The molecule has 0 aromatic heterocycles. The molecule has 9 heteroatoms. The number of hydrogen-bond acceptors (Lipinski definition) is 4. The molecule has 0 unspecified atom stereocenters.